The number of phenols is 1. The number of para-hydroxylation sites is 1. The first-order valence-electron chi connectivity index (χ1n) is 10.2. The molecule has 1 aromatic rings. The van der Waals surface area contributed by atoms with Crippen LogP contribution in [0.4, 0.5) is 0 Å². The number of hydrogen-bond acceptors (Lipinski definition) is 2. The summed E-state index contributed by atoms with van der Waals surface area (Å²) in [5.74, 6) is -1.13. The average Bonchev–Trinajstić information content (AvgIpc) is 2.60. The second-order valence-corrected chi connectivity index (χ2v) is 7.11. The summed E-state index contributed by atoms with van der Waals surface area (Å²) < 4.78 is 0. The Labute approximate surface area is 172 Å². The molecule has 0 radical (unpaired) electrons. The summed E-state index contributed by atoms with van der Waals surface area (Å²) in [6.45, 7) is 2.26. The number of carboxylic acids is 1. The van der Waals surface area contributed by atoms with E-state index in [4.69, 9.17) is 5.11 Å². The number of carbonyl (C=O) groups is 1. The fourth-order valence-corrected chi connectivity index (χ4v) is 3.30. The smallest absolute Gasteiger partial charge is 0.339 e. The summed E-state index contributed by atoms with van der Waals surface area (Å²) in [4.78, 5) is 11.0. The zero-order valence-electron chi connectivity index (χ0n) is 16.6. The van der Waals surface area contributed by atoms with Crippen LogP contribution in [0.1, 0.15) is 106 Å². The Bertz CT molecular complexity index is 488. The van der Waals surface area contributed by atoms with Crippen LogP contribution in [0.3, 0.4) is 0 Å². The molecule has 1 aromatic carbocycles. The molecule has 0 aliphatic heterocycles. The fourth-order valence-electron chi connectivity index (χ4n) is 3.30. The molecule has 0 fully saturated rings. The van der Waals surface area contributed by atoms with Gasteiger partial charge in [-0.3, -0.25) is 0 Å². The second kappa shape index (κ2) is 16.3. The molecule has 0 saturated heterocycles. The Morgan fingerprint density at radius 3 is 1.73 bits per heavy atom. The topological polar surface area (TPSA) is 57.5 Å². The van der Waals surface area contributed by atoms with Gasteiger partial charge in [-0.25, -0.2) is 4.79 Å². The average molecular weight is 414 g/mol. The van der Waals surface area contributed by atoms with Crippen molar-refractivity contribution in [1.82, 2.24) is 0 Å². The van der Waals surface area contributed by atoms with Crippen LogP contribution in [0.25, 0.3) is 0 Å². The van der Waals surface area contributed by atoms with Crippen molar-refractivity contribution in [2.75, 3.05) is 0 Å². The van der Waals surface area contributed by atoms with Crippen LogP contribution in [0.2, 0.25) is 0 Å². The standard InChI is InChI=1S/C22H36O3.Zn/c1-2-3-4-5-6-7-8-9-10-11-12-13-14-16-19-17-15-18-20(21(19)23)22(24)25;/h15,17-18,23H,2-14,16H2,1H3,(H,24,25);. The zero-order chi connectivity index (χ0) is 18.3. The van der Waals surface area contributed by atoms with E-state index in [2.05, 4.69) is 6.92 Å². The summed E-state index contributed by atoms with van der Waals surface area (Å²) in [6, 6.07) is 4.98. The van der Waals surface area contributed by atoms with E-state index < -0.39 is 5.97 Å². The molecule has 0 bridgehead atoms. The van der Waals surface area contributed by atoms with Crippen molar-refractivity contribution in [2.45, 2.75) is 96.8 Å². The van der Waals surface area contributed by atoms with Crippen LogP contribution in [0, 0.1) is 0 Å². The molecule has 0 unspecified atom stereocenters. The van der Waals surface area contributed by atoms with Crippen LogP contribution in [0.15, 0.2) is 18.2 Å². The Morgan fingerprint density at radius 2 is 1.27 bits per heavy atom. The minimum Gasteiger partial charge on any atom is -0.507 e. The Morgan fingerprint density at radius 1 is 0.808 bits per heavy atom. The zero-order valence-corrected chi connectivity index (χ0v) is 19.6. The third-order valence-corrected chi connectivity index (χ3v) is 4.90. The number of aromatic carboxylic acids is 1. The van der Waals surface area contributed by atoms with E-state index in [0.29, 0.717) is 0 Å². The van der Waals surface area contributed by atoms with Crippen molar-refractivity contribution in [3.8, 4) is 5.75 Å². The van der Waals surface area contributed by atoms with Crippen molar-refractivity contribution < 1.29 is 34.5 Å². The van der Waals surface area contributed by atoms with Gasteiger partial charge >= 0.3 is 5.97 Å². The van der Waals surface area contributed by atoms with E-state index >= 15 is 0 Å². The van der Waals surface area contributed by atoms with Crippen molar-refractivity contribution in [3.63, 3.8) is 0 Å². The van der Waals surface area contributed by atoms with Crippen LogP contribution >= 0.6 is 0 Å². The molecule has 26 heavy (non-hydrogen) atoms. The summed E-state index contributed by atoms with van der Waals surface area (Å²) >= 11 is 0. The Hall–Kier alpha value is -0.887. The van der Waals surface area contributed by atoms with E-state index in [1.54, 1.807) is 6.07 Å². The molecule has 3 nitrogen and oxygen atoms in total. The van der Waals surface area contributed by atoms with E-state index in [0.717, 1.165) is 24.8 Å². The maximum absolute atomic E-state index is 11.0. The number of hydrogen-bond donors (Lipinski definition) is 2. The molecular weight excluding hydrogens is 378 g/mol. The van der Waals surface area contributed by atoms with Gasteiger partial charge in [0.2, 0.25) is 0 Å². The van der Waals surface area contributed by atoms with E-state index in [1.165, 1.54) is 76.7 Å². The van der Waals surface area contributed by atoms with E-state index in [9.17, 15) is 9.90 Å². The molecule has 2 N–H and O–H groups in total. The fraction of sp³-hybridized carbons (Fsp3) is 0.682. The number of aromatic hydroxyl groups is 1. The summed E-state index contributed by atoms with van der Waals surface area (Å²) in [5.41, 5.74) is 0.759. The predicted octanol–water partition coefficient (Wildman–Crippen LogP) is 6.72. The van der Waals surface area contributed by atoms with Gasteiger partial charge in [-0.2, -0.15) is 0 Å². The molecule has 0 saturated carbocycles. The molecule has 0 spiro atoms. The SMILES string of the molecule is CCCCCCCCCCCCCCCc1cccc(C(=O)O)c1O.[Zn]. The Balaban J connectivity index is 0.00000625. The van der Waals surface area contributed by atoms with Gasteiger partial charge in [0.05, 0.1) is 0 Å². The van der Waals surface area contributed by atoms with Gasteiger partial charge in [-0.05, 0) is 24.5 Å². The maximum Gasteiger partial charge on any atom is 0.339 e. The number of benzene rings is 1. The van der Waals surface area contributed by atoms with E-state index in [-0.39, 0.29) is 30.8 Å². The van der Waals surface area contributed by atoms with Crippen molar-refractivity contribution >= 4 is 5.97 Å². The number of rotatable bonds is 15. The largest absolute Gasteiger partial charge is 0.507 e. The molecule has 4 heteroatoms. The van der Waals surface area contributed by atoms with Crippen molar-refractivity contribution in [3.05, 3.63) is 29.3 Å². The van der Waals surface area contributed by atoms with Gasteiger partial charge < -0.3 is 10.2 Å². The van der Waals surface area contributed by atoms with Gasteiger partial charge in [0, 0.05) is 19.5 Å². The molecular formula is C22H36O3Zn. The molecule has 0 aromatic heterocycles. The molecule has 144 valence electrons. The molecule has 0 aliphatic rings. The third kappa shape index (κ3) is 11.0. The normalized spacial score (nSPS) is 10.5. The number of aryl methyl sites for hydroxylation is 1. The minimum absolute atomic E-state index is 0. The van der Waals surface area contributed by atoms with Crippen LogP contribution in [-0.2, 0) is 25.9 Å². The first-order valence-corrected chi connectivity index (χ1v) is 10.2. The molecule has 0 aliphatic carbocycles. The van der Waals surface area contributed by atoms with Gasteiger partial charge in [0.15, 0.2) is 0 Å². The quantitative estimate of drug-likeness (QED) is 0.248. The van der Waals surface area contributed by atoms with Crippen LogP contribution in [-0.4, -0.2) is 16.2 Å². The van der Waals surface area contributed by atoms with E-state index in [1.807, 2.05) is 6.07 Å². The predicted molar refractivity (Wildman–Crippen MR) is 104 cm³/mol. The second-order valence-electron chi connectivity index (χ2n) is 7.11. The van der Waals surface area contributed by atoms with Gasteiger partial charge in [-0.1, -0.05) is 96.1 Å². The minimum atomic E-state index is -1.07. The summed E-state index contributed by atoms with van der Waals surface area (Å²) in [7, 11) is 0. The van der Waals surface area contributed by atoms with Gasteiger partial charge in [0.25, 0.3) is 0 Å². The Kier molecular flexibility index (Phi) is 15.7. The first-order chi connectivity index (χ1) is 12.2. The number of unbranched alkanes of at least 4 members (excludes halogenated alkanes) is 12. The van der Waals surface area contributed by atoms with Crippen LogP contribution < -0.4 is 0 Å². The monoisotopic (exact) mass is 412 g/mol. The molecule has 0 heterocycles. The van der Waals surface area contributed by atoms with Gasteiger partial charge in [0.1, 0.15) is 11.3 Å². The first kappa shape index (κ1) is 25.1. The van der Waals surface area contributed by atoms with Gasteiger partial charge in [-0.15, -0.1) is 0 Å². The molecule has 0 atom stereocenters. The maximum atomic E-state index is 11.0. The third-order valence-electron chi connectivity index (χ3n) is 4.90. The summed E-state index contributed by atoms with van der Waals surface area (Å²) in [6.07, 6.45) is 17.8. The van der Waals surface area contributed by atoms with Crippen molar-refractivity contribution in [1.29, 1.82) is 0 Å². The number of carboxylic acid groups (broad SMARTS) is 1. The van der Waals surface area contributed by atoms with Crippen LogP contribution in [0.5, 0.6) is 5.75 Å². The van der Waals surface area contributed by atoms with Crippen molar-refractivity contribution in [2.24, 2.45) is 0 Å². The molecule has 1 rings (SSSR count). The molecule has 0 amide bonds. The summed E-state index contributed by atoms with van der Waals surface area (Å²) in [5, 5.41) is 19.0.